The maximum absolute atomic E-state index is 12.6. The predicted octanol–water partition coefficient (Wildman–Crippen LogP) is 3.34. The normalized spacial score (nSPS) is 10.4. The molecule has 0 saturated heterocycles. The van der Waals surface area contributed by atoms with E-state index < -0.39 is 5.97 Å². The van der Waals surface area contributed by atoms with Crippen molar-refractivity contribution in [1.29, 1.82) is 0 Å². The van der Waals surface area contributed by atoms with Gasteiger partial charge in [0.25, 0.3) is 5.56 Å². The van der Waals surface area contributed by atoms with Crippen molar-refractivity contribution < 1.29 is 14.3 Å². The summed E-state index contributed by atoms with van der Waals surface area (Å²) >= 11 is 0. The van der Waals surface area contributed by atoms with Crippen molar-refractivity contribution in [3.8, 4) is 11.4 Å². The van der Waals surface area contributed by atoms with Crippen LogP contribution in [0, 0.1) is 6.92 Å². The molecule has 0 aliphatic carbocycles. The number of nitrogens with one attached hydrogen (secondary N) is 1. The van der Waals surface area contributed by atoms with Crippen molar-refractivity contribution in [1.82, 2.24) is 9.78 Å². The summed E-state index contributed by atoms with van der Waals surface area (Å²) < 4.78 is 11.5. The molecule has 0 atom stereocenters. The van der Waals surface area contributed by atoms with Gasteiger partial charge in [-0.1, -0.05) is 29.8 Å². The van der Waals surface area contributed by atoms with Gasteiger partial charge in [-0.2, -0.15) is 9.78 Å². The van der Waals surface area contributed by atoms with E-state index in [9.17, 15) is 9.59 Å². The largest absolute Gasteiger partial charge is 0.497 e. The van der Waals surface area contributed by atoms with E-state index >= 15 is 0 Å². The average molecular weight is 393 g/mol. The van der Waals surface area contributed by atoms with Gasteiger partial charge in [0.05, 0.1) is 25.1 Å². The number of anilines is 1. The van der Waals surface area contributed by atoms with E-state index in [0.29, 0.717) is 17.9 Å². The third-order valence-corrected chi connectivity index (χ3v) is 4.32. The Morgan fingerprint density at radius 3 is 2.41 bits per heavy atom. The molecule has 1 N–H and O–H groups in total. The first kappa shape index (κ1) is 20.1. The lowest BCUT2D eigenvalue weighted by Gasteiger charge is -2.13. The lowest BCUT2D eigenvalue weighted by molar-refractivity contribution is 0.0518. The smallest absolute Gasteiger partial charge is 0.360 e. The second kappa shape index (κ2) is 9.05. The third kappa shape index (κ3) is 4.82. The van der Waals surface area contributed by atoms with E-state index in [1.165, 1.54) is 10.7 Å². The zero-order valence-electron chi connectivity index (χ0n) is 16.6. The molecule has 0 spiro atoms. The summed E-state index contributed by atoms with van der Waals surface area (Å²) in [6.45, 7) is 4.29. The highest BCUT2D eigenvalue weighted by atomic mass is 16.5. The van der Waals surface area contributed by atoms with E-state index in [1.54, 1.807) is 26.2 Å². The van der Waals surface area contributed by atoms with E-state index in [2.05, 4.69) is 10.4 Å². The molecule has 3 aromatic rings. The Labute approximate surface area is 168 Å². The molecular weight excluding hydrogens is 370 g/mol. The molecule has 7 nitrogen and oxygen atoms in total. The number of aryl methyl sites for hydroxylation is 1. The Morgan fingerprint density at radius 1 is 1.10 bits per heavy atom. The fraction of sp³-hybridized carbons (Fsp3) is 0.227. The maximum Gasteiger partial charge on any atom is 0.360 e. The van der Waals surface area contributed by atoms with Crippen LogP contribution in [0.1, 0.15) is 28.5 Å². The number of benzene rings is 2. The van der Waals surface area contributed by atoms with Crippen molar-refractivity contribution in [2.75, 3.05) is 19.0 Å². The molecule has 0 amide bonds. The number of ether oxygens (including phenoxy) is 2. The first-order chi connectivity index (χ1) is 14.0. The number of rotatable bonds is 7. The van der Waals surface area contributed by atoms with Gasteiger partial charge in [0, 0.05) is 12.6 Å². The minimum atomic E-state index is -0.592. The number of hydrogen-bond acceptors (Lipinski definition) is 6. The van der Waals surface area contributed by atoms with Gasteiger partial charge in [-0.25, -0.2) is 4.79 Å². The van der Waals surface area contributed by atoms with Crippen LogP contribution in [0.2, 0.25) is 0 Å². The fourth-order valence-corrected chi connectivity index (χ4v) is 2.75. The second-order valence-electron chi connectivity index (χ2n) is 6.41. The van der Waals surface area contributed by atoms with Crippen LogP contribution in [0.15, 0.2) is 59.4 Å². The molecule has 0 aliphatic rings. The Bertz CT molecular complexity index is 1040. The van der Waals surface area contributed by atoms with Crippen LogP contribution in [0.3, 0.4) is 0 Å². The first-order valence-electron chi connectivity index (χ1n) is 9.27. The third-order valence-electron chi connectivity index (χ3n) is 4.32. The van der Waals surface area contributed by atoms with Crippen molar-refractivity contribution in [2.45, 2.75) is 20.4 Å². The molecule has 29 heavy (non-hydrogen) atoms. The summed E-state index contributed by atoms with van der Waals surface area (Å²) in [4.78, 5) is 25.1. The highest BCUT2D eigenvalue weighted by Crippen LogP contribution is 2.17. The van der Waals surface area contributed by atoms with Crippen molar-refractivity contribution in [3.05, 3.63) is 81.8 Å². The minimum Gasteiger partial charge on any atom is -0.497 e. The van der Waals surface area contributed by atoms with Gasteiger partial charge in [0.1, 0.15) is 5.75 Å². The standard InChI is InChI=1S/C22H23N3O4/c1-4-29-22(27)21-19(23-14-16-7-11-18(28-3)12-8-16)13-20(26)25(24-21)17-9-5-15(2)6-10-17/h5-13,23H,4,14H2,1-3H3. The highest BCUT2D eigenvalue weighted by molar-refractivity contribution is 5.93. The molecule has 0 unspecified atom stereocenters. The van der Waals surface area contributed by atoms with E-state index in [4.69, 9.17) is 9.47 Å². The lowest BCUT2D eigenvalue weighted by atomic mass is 10.2. The predicted molar refractivity (Wildman–Crippen MR) is 111 cm³/mol. The Hall–Kier alpha value is -3.61. The average Bonchev–Trinajstić information content (AvgIpc) is 2.73. The molecule has 3 rings (SSSR count). The Balaban J connectivity index is 1.94. The molecule has 0 aliphatic heterocycles. The molecule has 0 fully saturated rings. The van der Waals surface area contributed by atoms with Crippen LogP contribution in [0.5, 0.6) is 5.75 Å². The van der Waals surface area contributed by atoms with Crippen molar-refractivity contribution >= 4 is 11.7 Å². The number of hydrogen-bond donors (Lipinski definition) is 1. The Kier molecular flexibility index (Phi) is 6.29. The van der Waals surface area contributed by atoms with Gasteiger partial charge in [0.15, 0.2) is 5.69 Å². The van der Waals surface area contributed by atoms with Gasteiger partial charge < -0.3 is 14.8 Å². The molecule has 2 aromatic carbocycles. The number of nitrogens with zero attached hydrogens (tertiary/aromatic N) is 2. The quantitative estimate of drug-likeness (QED) is 0.620. The maximum atomic E-state index is 12.6. The number of methoxy groups -OCH3 is 1. The fourth-order valence-electron chi connectivity index (χ4n) is 2.75. The first-order valence-corrected chi connectivity index (χ1v) is 9.27. The number of carbonyl (C=O) groups is 1. The minimum absolute atomic E-state index is 0.0561. The molecular formula is C22H23N3O4. The summed E-state index contributed by atoms with van der Waals surface area (Å²) in [6, 6.07) is 16.2. The van der Waals surface area contributed by atoms with Crippen LogP contribution in [-0.2, 0) is 11.3 Å². The van der Waals surface area contributed by atoms with Crippen molar-refractivity contribution in [2.24, 2.45) is 0 Å². The lowest BCUT2D eigenvalue weighted by Crippen LogP contribution is -2.25. The van der Waals surface area contributed by atoms with Crippen molar-refractivity contribution in [3.63, 3.8) is 0 Å². The van der Waals surface area contributed by atoms with Gasteiger partial charge in [-0.15, -0.1) is 0 Å². The second-order valence-corrected chi connectivity index (χ2v) is 6.41. The van der Waals surface area contributed by atoms with E-state index in [-0.39, 0.29) is 17.9 Å². The summed E-state index contributed by atoms with van der Waals surface area (Å²) in [7, 11) is 1.60. The number of aromatic nitrogens is 2. The van der Waals surface area contributed by atoms with Gasteiger partial charge in [-0.05, 0) is 43.7 Å². The number of esters is 1. The van der Waals surface area contributed by atoms with Crippen LogP contribution >= 0.6 is 0 Å². The van der Waals surface area contributed by atoms with Crippen LogP contribution in [0.25, 0.3) is 5.69 Å². The Morgan fingerprint density at radius 2 is 1.79 bits per heavy atom. The van der Waals surface area contributed by atoms with Gasteiger partial charge in [-0.3, -0.25) is 4.79 Å². The summed E-state index contributed by atoms with van der Waals surface area (Å²) in [5.74, 6) is 0.161. The van der Waals surface area contributed by atoms with Crippen LogP contribution in [0.4, 0.5) is 5.69 Å². The van der Waals surface area contributed by atoms with Crippen LogP contribution < -0.4 is 15.6 Å². The molecule has 1 aromatic heterocycles. The topological polar surface area (TPSA) is 82.5 Å². The highest BCUT2D eigenvalue weighted by Gasteiger charge is 2.18. The monoisotopic (exact) mass is 393 g/mol. The zero-order valence-corrected chi connectivity index (χ0v) is 16.6. The summed E-state index contributed by atoms with van der Waals surface area (Å²) in [6.07, 6.45) is 0. The molecule has 0 radical (unpaired) electrons. The van der Waals surface area contributed by atoms with Gasteiger partial charge >= 0.3 is 5.97 Å². The van der Waals surface area contributed by atoms with E-state index in [0.717, 1.165) is 16.9 Å². The molecule has 0 saturated carbocycles. The molecule has 7 heteroatoms. The van der Waals surface area contributed by atoms with Gasteiger partial charge in [0.2, 0.25) is 0 Å². The number of carbonyl (C=O) groups excluding carboxylic acids is 1. The molecule has 0 bridgehead atoms. The zero-order chi connectivity index (χ0) is 20.8. The molecule has 150 valence electrons. The SMILES string of the molecule is CCOC(=O)c1nn(-c2ccc(C)cc2)c(=O)cc1NCc1ccc(OC)cc1. The summed E-state index contributed by atoms with van der Waals surface area (Å²) in [5.41, 5.74) is 2.63. The molecule has 1 heterocycles. The van der Waals surface area contributed by atoms with E-state index in [1.807, 2.05) is 43.3 Å². The van der Waals surface area contributed by atoms with Crippen LogP contribution in [-0.4, -0.2) is 29.5 Å². The summed E-state index contributed by atoms with van der Waals surface area (Å²) in [5, 5.41) is 7.39.